The van der Waals surface area contributed by atoms with Crippen LogP contribution in [0.25, 0.3) is 0 Å². The first-order valence-electron chi connectivity index (χ1n) is 5.16. The molecule has 0 fully saturated rings. The van der Waals surface area contributed by atoms with Crippen LogP contribution in [-0.2, 0) is 14.3 Å². The van der Waals surface area contributed by atoms with Crippen molar-refractivity contribution < 1.29 is 19.4 Å². The van der Waals surface area contributed by atoms with E-state index in [0.717, 1.165) is 0 Å². The number of nitrogens with one attached hydrogen (secondary N) is 1. The van der Waals surface area contributed by atoms with Gasteiger partial charge in [0.2, 0.25) is 5.91 Å². The van der Waals surface area contributed by atoms with Crippen LogP contribution in [0.1, 0.15) is 20.3 Å². The van der Waals surface area contributed by atoms with Crippen LogP contribution < -0.4 is 11.1 Å². The van der Waals surface area contributed by atoms with Gasteiger partial charge in [0.15, 0.2) is 0 Å². The van der Waals surface area contributed by atoms with Crippen molar-refractivity contribution in [3.8, 4) is 0 Å². The molecule has 94 valence electrons. The highest BCUT2D eigenvalue weighted by atomic mass is 16.5. The maximum Gasteiger partial charge on any atom is 0.306 e. The van der Waals surface area contributed by atoms with Gasteiger partial charge in [0.25, 0.3) is 0 Å². The summed E-state index contributed by atoms with van der Waals surface area (Å²) in [6.45, 7) is 3.84. The standard InChI is InChI=1S/C10H20N2O4/c1-6(2)9(11)10(15)12-5-7(16-3)4-8(13)14/h6-7,9H,4-5,11H2,1-3H3,(H,12,15)(H,13,14)/t7?,9-/m1/s1. The summed E-state index contributed by atoms with van der Waals surface area (Å²) < 4.78 is 4.92. The quantitative estimate of drug-likeness (QED) is 0.553. The molecule has 0 aromatic heterocycles. The SMILES string of the molecule is COC(CNC(=O)[C@H](N)C(C)C)CC(=O)O. The third-order valence-electron chi connectivity index (χ3n) is 2.26. The van der Waals surface area contributed by atoms with E-state index in [-0.39, 0.29) is 24.8 Å². The Kier molecular flexibility index (Phi) is 6.67. The van der Waals surface area contributed by atoms with Crippen LogP contribution >= 0.6 is 0 Å². The zero-order chi connectivity index (χ0) is 12.7. The van der Waals surface area contributed by atoms with Crippen LogP contribution in [0.2, 0.25) is 0 Å². The molecule has 0 radical (unpaired) electrons. The third-order valence-corrected chi connectivity index (χ3v) is 2.26. The topological polar surface area (TPSA) is 102 Å². The molecule has 0 aliphatic heterocycles. The first-order chi connectivity index (χ1) is 7.38. The fourth-order valence-corrected chi connectivity index (χ4v) is 1.07. The molecule has 0 saturated heterocycles. The number of hydrogen-bond acceptors (Lipinski definition) is 4. The Bertz CT molecular complexity index is 243. The van der Waals surface area contributed by atoms with E-state index in [9.17, 15) is 9.59 Å². The molecule has 0 saturated carbocycles. The summed E-state index contributed by atoms with van der Waals surface area (Å²) in [5.41, 5.74) is 5.62. The van der Waals surface area contributed by atoms with Crippen LogP contribution in [0.3, 0.4) is 0 Å². The summed E-state index contributed by atoms with van der Waals surface area (Å²) in [5, 5.41) is 11.1. The van der Waals surface area contributed by atoms with Crippen molar-refractivity contribution in [1.82, 2.24) is 5.32 Å². The Balaban J connectivity index is 4.01. The summed E-state index contributed by atoms with van der Waals surface area (Å²) >= 11 is 0. The van der Waals surface area contributed by atoms with E-state index in [1.54, 1.807) is 0 Å². The molecule has 0 aromatic rings. The first-order valence-corrected chi connectivity index (χ1v) is 5.16. The maximum absolute atomic E-state index is 11.5. The summed E-state index contributed by atoms with van der Waals surface area (Å²) in [6, 6.07) is -0.581. The molecular formula is C10H20N2O4. The van der Waals surface area contributed by atoms with Gasteiger partial charge < -0.3 is 20.9 Å². The van der Waals surface area contributed by atoms with Crippen molar-refractivity contribution in [3.63, 3.8) is 0 Å². The lowest BCUT2D eigenvalue weighted by Crippen LogP contribution is -2.46. The van der Waals surface area contributed by atoms with Crippen LogP contribution in [0.15, 0.2) is 0 Å². The van der Waals surface area contributed by atoms with Crippen LogP contribution in [0, 0.1) is 5.92 Å². The third kappa shape index (κ3) is 5.67. The molecule has 2 atom stereocenters. The predicted octanol–water partition coefficient (Wildman–Crippen LogP) is -0.424. The molecule has 6 heteroatoms. The van der Waals surface area contributed by atoms with Crippen molar-refractivity contribution in [3.05, 3.63) is 0 Å². The van der Waals surface area contributed by atoms with Crippen molar-refractivity contribution in [2.24, 2.45) is 11.7 Å². The fraction of sp³-hybridized carbons (Fsp3) is 0.800. The van der Waals surface area contributed by atoms with E-state index < -0.39 is 18.1 Å². The monoisotopic (exact) mass is 232 g/mol. The van der Waals surface area contributed by atoms with E-state index in [4.69, 9.17) is 15.6 Å². The van der Waals surface area contributed by atoms with Gasteiger partial charge in [-0.25, -0.2) is 0 Å². The number of hydrogen-bond donors (Lipinski definition) is 3. The molecule has 16 heavy (non-hydrogen) atoms. The van der Waals surface area contributed by atoms with E-state index in [2.05, 4.69) is 5.32 Å². The lowest BCUT2D eigenvalue weighted by Gasteiger charge is -2.18. The molecule has 0 bridgehead atoms. The molecule has 0 aliphatic rings. The van der Waals surface area contributed by atoms with Gasteiger partial charge in [-0.05, 0) is 5.92 Å². The van der Waals surface area contributed by atoms with Gasteiger partial charge >= 0.3 is 5.97 Å². The second kappa shape index (κ2) is 7.19. The largest absolute Gasteiger partial charge is 0.481 e. The van der Waals surface area contributed by atoms with E-state index in [0.29, 0.717) is 0 Å². The molecule has 0 spiro atoms. The highest BCUT2D eigenvalue weighted by Crippen LogP contribution is 1.99. The summed E-state index contributed by atoms with van der Waals surface area (Å²) in [7, 11) is 1.40. The van der Waals surface area contributed by atoms with Gasteiger partial charge in [-0.3, -0.25) is 9.59 Å². The molecule has 0 aliphatic carbocycles. The van der Waals surface area contributed by atoms with Gasteiger partial charge in [0.05, 0.1) is 18.6 Å². The number of carboxylic acids is 1. The molecule has 0 aromatic carbocycles. The number of amides is 1. The minimum absolute atomic E-state index is 0.0421. The Morgan fingerprint density at radius 3 is 2.38 bits per heavy atom. The van der Waals surface area contributed by atoms with Gasteiger partial charge in [-0.2, -0.15) is 0 Å². The number of carbonyl (C=O) groups excluding carboxylic acids is 1. The number of carbonyl (C=O) groups is 2. The Morgan fingerprint density at radius 1 is 1.44 bits per heavy atom. The van der Waals surface area contributed by atoms with Gasteiger partial charge in [0, 0.05) is 13.7 Å². The highest BCUT2D eigenvalue weighted by molar-refractivity contribution is 5.81. The molecule has 1 unspecified atom stereocenters. The van der Waals surface area contributed by atoms with Crippen molar-refractivity contribution in [2.75, 3.05) is 13.7 Å². The Morgan fingerprint density at radius 2 is 2.00 bits per heavy atom. The number of methoxy groups -OCH3 is 1. The van der Waals surface area contributed by atoms with Gasteiger partial charge in [-0.15, -0.1) is 0 Å². The number of ether oxygens (including phenoxy) is 1. The van der Waals surface area contributed by atoms with Gasteiger partial charge in [-0.1, -0.05) is 13.8 Å². The number of carboxylic acid groups (broad SMARTS) is 1. The molecule has 0 rings (SSSR count). The van der Waals surface area contributed by atoms with Crippen LogP contribution in [0.5, 0.6) is 0 Å². The second-order valence-corrected chi connectivity index (χ2v) is 3.97. The summed E-state index contributed by atoms with van der Waals surface area (Å²) in [5.74, 6) is -1.21. The average Bonchev–Trinajstić information content (AvgIpc) is 2.21. The smallest absolute Gasteiger partial charge is 0.306 e. The normalized spacial score (nSPS) is 14.6. The molecular weight excluding hydrogens is 212 g/mol. The summed E-state index contributed by atoms with van der Waals surface area (Å²) in [6.07, 6.45) is -0.672. The number of nitrogens with two attached hydrogens (primary N) is 1. The van der Waals surface area contributed by atoms with E-state index >= 15 is 0 Å². The van der Waals surface area contributed by atoms with Gasteiger partial charge in [0.1, 0.15) is 0 Å². The zero-order valence-corrected chi connectivity index (χ0v) is 9.90. The van der Waals surface area contributed by atoms with Crippen molar-refractivity contribution in [1.29, 1.82) is 0 Å². The Labute approximate surface area is 95.1 Å². The predicted molar refractivity (Wildman–Crippen MR) is 58.9 cm³/mol. The van der Waals surface area contributed by atoms with E-state index in [1.165, 1.54) is 7.11 Å². The van der Waals surface area contributed by atoms with Crippen LogP contribution in [0.4, 0.5) is 0 Å². The second-order valence-electron chi connectivity index (χ2n) is 3.97. The lowest BCUT2D eigenvalue weighted by molar-refractivity contribution is -0.140. The number of rotatable bonds is 7. The number of aliphatic carboxylic acids is 1. The molecule has 6 nitrogen and oxygen atoms in total. The summed E-state index contributed by atoms with van der Waals surface area (Å²) in [4.78, 5) is 21.9. The average molecular weight is 232 g/mol. The Hall–Kier alpha value is -1.14. The zero-order valence-electron chi connectivity index (χ0n) is 9.90. The molecule has 1 amide bonds. The first kappa shape index (κ1) is 14.9. The maximum atomic E-state index is 11.5. The fourth-order valence-electron chi connectivity index (χ4n) is 1.07. The minimum atomic E-state index is -0.964. The minimum Gasteiger partial charge on any atom is -0.481 e. The van der Waals surface area contributed by atoms with Crippen molar-refractivity contribution >= 4 is 11.9 Å². The molecule has 4 N–H and O–H groups in total. The van der Waals surface area contributed by atoms with E-state index in [1.807, 2.05) is 13.8 Å². The lowest BCUT2D eigenvalue weighted by atomic mass is 10.0. The van der Waals surface area contributed by atoms with Crippen LogP contribution in [-0.4, -0.2) is 42.8 Å². The van der Waals surface area contributed by atoms with Crippen molar-refractivity contribution in [2.45, 2.75) is 32.4 Å². The molecule has 0 heterocycles. The highest BCUT2D eigenvalue weighted by Gasteiger charge is 2.19.